The maximum absolute atomic E-state index is 8.84. The van der Waals surface area contributed by atoms with Gasteiger partial charge in [0.1, 0.15) is 17.6 Å². The highest BCUT2D eigenvalue weighted by Crippen LogP contribution is 2.15. The largest absolute Gasteiger partial charge is 0.494 e. The van der Waals surface area contributed by atoms with Crippen LogP contribution in [0.4, 0.5) is 5.82 Å². The molecule has 132 valence electrons. The van der Waals surface area contributed by atoms with Crippen molar-refractivity contribution in [2.24, 2.45) is 0 Å². The number of aromatic nitrogens is 1. The van der Waals surface area contributed by atoms with E-state index in [9.17, 15) is 0 Å². The van der Waals surface area contributed by atoms with Crippen molar-refractivity contribution >= 4 is 5.82 Å². The number of ether oxygens (including phenoxy) is 1. The van der Waals surface area contributed by atoms with Crippen molar-refractivity contribution in [2.75, 3.05) is 44.2 Å². The van der Waals surface area contributed by atoms with Gasteiger partial charge in [-0.25, -0.2) is 4.98 Å². The van der Waals surface area contributed by atoms with Crippen LogP contribution in [0.3, 0.4) is 0 Å². The van der Waals surface area contributed by atoms with Crippen molar-refractivity contribution < 1.29 is 4.74 Å². The summed E-state index contributed by atoms with van der Waals surface area (Å²) in [7, 11) is 0. The smallest absolute Gasteiger partial charge is 0.128 e. The van der Waals surface area contributed by atoms with Crippen molar-refractivity contribution in [3.05, 3.63) is 53.7 Å². The lowest BCUT2D eigenvalue weighted by atomic mass is 10.2. The number of piperazine rings is 1. The number of pyridine rings is 1. The number of nitrogens with zero attached hydrogens (tertiary/aromatic N) is 5. The predicted octanol–water partition coefficient (Wildman–Crippen LogP) is 2.42. The highest BCUT2D eigenvalue weighted by Gasteiger charge is 2.17. The normalized spacial score (nSPS) is 14.5. The molecule has 1 aromatic carbocycles. The fourth-order valence-electron chi connectivity index (χ4n) is 2.94. The predicted molar refractivity (Wildman–Crippen MR) is 98.9 cm³/mol. The molecule has 26 heavy (non-hydrogen) atoms. The second-order valence-electron chi connectivity index (χ2n) is 6.18. The first-order valence-electron chi connectivity index (χ1n) is 8.75. The Kier molecular flexibility index (Phi) is 6.03. The van der Waals surface area contributed by atoms with Crippen LogP contribution in [0, 0.1) is 22.7 Å². The molecule has 6 heteroatoms. The van der Waals surface area contributed by atoms with Crippen molar-refractivity contribution in [1.82, 2.24) is 9.88 Å². The molecule has 0 aliphatic carbocycles. The lowest BCUT2D eigenvalue weighted by Gasteiger charge is -2.35. The highest BCUT2D eigenvalue weighted by atomic mass is 16.5. The number of anilines is 1. The van der Waals surface area contributed by atoms with Crippen molar-refractivity contribution in [3.63, 3.8) is 0 Å². The molecule has 0 spiro atoms. The molecular formula is C20H21N5O. The summed E-state index contributed by atoms with van der Waals surface area (Å²) in [6.45, 7) is 5.55. The maximum atomic E-state index is 8.84. The van der Waals surface area contributed by atoms with E-state index in [-0.39, 0.29) is 0 Å². The fraction of sp³-hybridized carbons (Fsp3) is 0.350. The molecule has 1 fully saturated rings. The van der Waals surface area contributed by atoms with Crippen LogP contribution in [0.15, 0.2) is 42.6 Å². The molecule has 0 amide bonds. The van der Waals surface area contributed by atoms with E-state index in [2.05, 4.69) is 26.9 Å². The quantitative estimate of drug-likeness (QED) is 0.747. The average molecular weight is 347 g/mol. The Labute approximate surface area is 153 Å². The van der Waals surface area contributed by atoms with E-state index in [4.69, 9.17) is 15.3 Å². The van der Waals surface area contributed by atoms with Crippen LogP contribution in [0.25, 0.3) is 0 Å². The van der Waals surface area contributed by atoms with Crippen LogP contribution in [0.5, 0.6) is 5.75 Å². The third kappa shape index (κ3) is 4.72. The Balaban J connectivity index is 1.36. The first-order valence-corrected chi connectivity index (χ1v) is 8.75. The fourth-order valence-corrected chi connectivity index (χ4v) is 2.94. The summed E-state index contributed by atoms with van der Waals surface area (Å²) < 4.78 is 5.73. The number of hydrogen-bond donors (Lipinski definition) is 0. The third-order valence-electron chi connectivity index (χ3n) is 4.44. The standard InChI is InChI=1S/C20H21N5O/c21-14-17-2-5-19(6-3-17)26-13-1-8-24-9-11-25(12-10-24)20-7-4-18(15-22)16-23-20/h2-7,16H,1,8-13H2. The van der Waals surface area contributed by atoms with E-state index in [1.165, 1.54) is 0 Å². The van der Waals surface area contributed by atoms with Gasteiger partial charge in [0.05, 0.1) is 23.8 Å². The number of nitriles is 2. The molecule has 0 atom stereocenters. The van der Waals surface area contributed by atoms with Gasteiger partial charge in [-0.15, -0.1) is 0 Å². The van der Waals surface area contributed by atoms with Gasteiger partial charge in [-0.2, -0.15) is 10.5 Å². The van der Waals surface area contributed by atoms with Crippen LogP contribution in [-0.4, -0.2) is 49.2 Å². The van der Waals surface area contributed by atoms with Gasteiger partial charge in [0.2, 0.25) is 0 Å². The SMILES string of the molecule is N#Cc1ccc(OCCCN2CCN(c3ccc(C#N)cn3)CC2)cc1. The second-order valence-corrected chi connectivity index (χ2v) is 6.18. The summed E-state index contributed by atoms with van der Waals surface area (Å²) >= 11 is 0. The molecule has 0 saturated carbocycles. The van der Waals surface area contributed by atoms with Crippen LogP contribution in [0.2, 0.25) is 0 Å². The minimum Gasteiger partial charge on any atom is -0.494 e. The van der Waals surface area contributed by atoms with Gasteiger partial charge >= 0.3 is 0 Å². The van der Waals surface area contributed by atoms with E-state index in [0.29, 0.717) is 17.7 Å². The molecule has 1 aliphatic rings. The van der Waals surface area contributed by atoms with Crippen LogP contribution < -0.4 is 9.64 Å². The van der Waals surface area contributed by atoms with E-state index in [0.717, 1.165) is 50.7 Å². The molecule has 2 heterocycles. The van der Waals surface area contributed by atoms with Crippen LogP contribution in [-0.2, 0) is 0 Å². The van der Waals surface area contributed by atoms with Crippen molar-refractivity contribution in [1.29, 1.82) is 10.5 Å². The van der Waals surface area contributed by atoms with Gasteiger partial charge < -0.3 is 9.64 Å². The van der Waals surface area contributed by atoms with Gasteiger partial charge in [-0.1, -0.05) is 0 Å². The zero-order valence-corrected chi connectivity index (χ0v) is 14.6. The molecular weight excluding hydrogens is 326 g/mol. The van der Waals surface area contributed by atoms with E-state index in [1.54, 1.807) is 18.3 Å². The van der Waals surface area contributed by atoms with Gasteiger partial charge in [0.15, 0.2) is 0 Å². The van der Waals surface area contributed by atoms with E-state index < -0.39 is 0 Å². The van der Waals surface area contributed by atoms with Gasteiger partial charge in [-0.05, 0) is 42.8 Å². The molecule has 1 saturated heterocycles. The van der Waals surface area contributed by atoms with Crippen LogP contribution in [0.1, 0.15) is 17.5 Å². The molecule has 2 aromatic rings. The van der Waals surface area contributed by atoms with Gasteiger partial charge in [-0.3, -0.25) is 4.90 Å². The number of benzene rings is 1. The molecule has 0 radical (unpaired) electrons. The Hall–Kier alpha value is -3.09. The third-order valence-corrected chi connectivity index (χ3v) is 4.44. The zero-order valence-electron chi connectivity index (χ0n) is 14.6. The Morgan fingerprint density at radius 3 is 2.23 bits per heavy atom. The maximum Gasteiger partial charge on any atom is 0.128 e. The van der Waals surface area contributed by atoms with Gasteiger partial charge in [0, 0.05) is 38.9 Å². The molecule has 3 rings (SSSR count). The molecule has 0 bridgehead atoms. The zero-order chi connectivity index (χ0) is 18.2. The summed E-state index contributed by atoms with van der Waals surface area (Å²) in [4.78, 5) is 9.05. The summed E-state index contributed by atoms with van der Waals surface area (Å²) in [6, 6.07) is 15.1. The summed E-state index contributed by atoms with van der Waals surface area (Å²) in [5.41, 5.74) is 1.24. The minimum atomic E-state index is 0.592. The van der Waals surface area contributed by atoms with Crippen molar-refractivity contribution in [2.45, 2.75) is 6.42 Å². The summed E-state index contributed by atoms with van der Waals surface area (Å²) in [5, 5.41) is 17.6. The molecule has 1 aromatic heterocycles. The van der Waals surface area contributed by atoms with Crippen molar-refractivity contribution in [3.8, 4) is 17.9 Å². The molecule has 1 aliphatic heterocycles. The first kappa shape index (κ1) is 17.7. The molecule has 6 nitrogen and oxygen atoms in total. The number of hydrogen-bond acceptors (Lipinski definition) is 6. The Morgan fingerprint density at radius 1 is 0.923 bits per heavy atom. The molecule has 0 N–H and O–H groups in total. The number of rotatable bonds is 6. The first-order chi connectivity index (χ1) is 12.8. The summed E-state index contributed by atoms with van der Waals surface area (Å²) in [5.74, 6) is 1.74. The van der Waals surface area contributed by atoms with E-state index >= 15 is 0 Å². The average Bonchev–Trinajstić information content (AvgIpc) is 2.72. The second kappa shape index (κ2) is 8.84. The monoisotopic (exact) mass is 347 g/mol. The minimum absolute atomic E-state index is 0.592. The topological polar surface area (TPSA) is 76.2 Å². The highest BCUT2D eigenvalue weighted by molar-refractivity contribution is 5.42. The lowest BCUT2D eigenvalue weighted by molar-refractivity contribution is 0.224. The van der Waals surface area contributed by atoms with Gasteiger partial charge in [0.25, 0.3) is 0 Å². The molecule has 0 unspecified atom stereocenters. The van der Waals surface area contributed by atoms with E-state index in [1.807, 2.05) is 24.3 Å². The Morgan fingerprint density at radius 2 is 1.62 bits per heavy atom. The summed E-state index contributed by atoms with van der Waals surface area (Å²) in [6.07, 6.45) is 2.59. The Bertz CT molecular complexity index is 781. The van der Waals surface area contributed by atoms with Crippen LogP contribution >= 0.6 is 0 Å². The lowest BCUT2D eigenvalue weighted by Crippen LogP contribution is -2.47.